The minimum atomic E-state index is -4.34. The Kier molecular flexibility index (Phi) is 4.61. The first-order chi connectivity index (χ1) is 11.2. The summed E-state index contributed by atoms with van der Waals surface area (Å²) in [5.74, 6) is -0.212. The first kappa shape index (κ1) is 17.3. The largest absolute Gasteiger partial charge is 0.406 e. The van der Waals surface area contributed by atoms with Gasteiger partial charge in [-0.05, 0) is 19.2 Å². The summed E-state index contributed by atoms with van der Waals surface area (Å²) in [5.41, 5.74) is 0.727. The second kappa shape index (κ2) is 6.40. The minimum Gasteiger partial charge on any atom is -0.337 e. The molecule has 0 unspecified atom stereocenters. The van der Waals surface area contributed by atoms with Gasteiger partial charge in [0.2, 0.25) is 0 Å². The molecule has 2 aromatic rings. The maximum Gasteiger partial charge on any atom is 0.406 e. The molecule has 1 amide bonds. The smallest absolute Gasteiger partial charge is 0.337 e. The lowest BCUT2D eigenvalue weighted by Crippen LogP contribution is -2.47. The van der Waals surface area contributed by atoms with E-state index in [1.54, 1.807) is 23.1 Å². The predicted molar refractivity (Wildman–Crippen MR) is 89.1 cm³/mol. The van der Waals surface area contributed by atoms with Crippen molar-refractivity contribution >= 4 is 32.7 Å². The van der Waals surface area contributed by atoms with Gasteiger partial charge in [0.1, 0.15) is 6.54 Å². The average molecular weight is 404 g/mol. The Labute approximate surface area is 145 Å². The van der Waals surface area contributed by atoms with Crippen molar-refractivity contribution in [2.24, 2.45) is 0 Å². The maximum absolute atomic E-state index is 12.8. The van der Waals surface area contributed by atoms with E-state index in [0.717, 1.165) is 17.7 Å². The van der Waals surface area contributed by atoms with Crippen molar-refractivity contribution < 1.29 is 18.0 Å². The van der Waals surface area contributed by atoms with E-state index < -0.39 is 12.7 Å². The van der Waals surface area contributed by atoms with Crippen LogP contribution in [0.5, 0.6) is 0 Å². The molecule has 0 bridgehead atoms. The Morgan fingerprint density at radius 2 is 1.88 bits per heavy atom. The number of hydrogen-bond acceptors (Lipinski definition) is 2. The standard InChI is InChI=1S/C16H17BrF3N3O/c1-21-4-6-22(7-5-21)15(24)13-9-23(10-16(18,19)20)14-8-11(17)2-3-12(13)14/h2-3,8-9H,4-7,10H2,1H3. The second-order valence-corrected chi connectivity index (χ2v) is 6.96. The summed E-state index contributed by atoms with van der Waals surface area (Å²) in [5, 5.41) is 0.548. The Morgan fingerprint density at radius 3 is 2.50 bits per heavy atom. The Bertz CT molecular complexity index is 764. The highest BCUT2D eigenvalue weighted by Gasteiger charge is 2.30. The lowest BCUT2D eigenvalue weighted by Gasteiger charge is -2.32. The van der Waals surface area contributed by atoms with Crippen molar-refractivity contribution in [3.63, 3.8) is 0 Å². The first-order valence-electron chi connectivity index (χ1n) is 7.57. The van der Waals surface area contributed by atoms with Gasteiger partial charge in [0.05, 0.1) is 11.1 Å². The number of amides is 1. The normalized spacial score (nSPS) is 16.8. The molecule has 1 aromatic carbocycles. The van der Waals surface area contributed by atoms with Crippen molar-refractivity contribution in [3.05, 3.63) is 34.4 Å². The Balaban J connectivity index is 2.00. The van der Waals surface area contributed by atoms with Crippen LogP contribution in [-0.4, -0.2) is 59.7 Å². The molecule has 1 fully saturated rings. The van der Waals surface area contributed by atoms with Gasteiger partial charge in [-0.1, -0.05) is 22.0 Å². The van der Waals surface area contributed by atoms with E-state index in [4.69, 9.17) is 0 Å². The summed E-state index contributed by atoms with van der Waals surface area (Å²) in [6.07, 6.45) is -3.02. The van der Waals surface area contributed by atoms with E-state index in [-0.39, 0.29) is 5.91 Å². The van der Waals surface area contributed by atoms with Crippen LogP contribution in [-0.2, 0) is 6.54 Å². The highest BCUT2D eigenvalue weighted by molar-refractivity contribution is 9.10. The number of hydrogen-bond donors (Lipinski definition) is 0. The zero-order valence-electron chi connectivity index (χ0n) is 13.1. The molecule has 0 radical (unpaired) electrons. The number of aromatic nitrogens is 1. The number of benzene rings is 1. The molecular weight excluding hydrogens is 387 g/mol. The van der Waals surface area contributed by atoms with Gasteiger partial charge in [-0.3, -0.25) is 4.79 Å². The molecule has 1 aliphatic heterocycles. The molecule has 1 saturated heterocycles. The topological polar surface area (TPSA) is 28.5 Å². The molecule has 24 heavy (non-hydrogen) atoms. The van der Waals surface area contributed by atoms with Crippen LogP contribution in [0.15, 0.2) is 28.9 Å². The van der Waals surface area contributed by atoms with Crippen LogP contribution >= 0.6 is 15.9 Å². The first-order valence-corrected chi connectivity index (χ1v) is 8.37. The molecule has 1 aromatic heterocycles. The van der Waals surface area contributed by atoms with E-state index in [2.05, 4.69) is 20.8 Å². The highest BCUT2D eigenvalue weighted by Crippen LogP contribution is 2.29. The number of fused-ring (bicyclic) bond motifs is 1. The third kappa shape index (κ3) is 3.59. The fourth-order valence-corrected chi connectivity index (χ4v) is 3.29. The van der Waals surface area contributed by atoms with Crippen LogP contribution in [0, 0.1) is 0 Å². The number of halogens is 4. The third-order valence-electron chi connectivity index (χ3n) is 4.21. The number of nitrogens with zero attached hydrogens (tertiary/aromatic N) is 3. The van der Waals surface area contributed by atoms with Gasteiger partial charge < -0.3 is 14.4 Å². The molecule has 0 N–H and O–H groups in total. The summed E-state index contributed by atoms with van der Waals surface area (Å²) >= 11 is 3.28. The summed E-state index contributed by atoms with van der Waals surface area (Å²) in [7, 11) is 1.98. The van der Waals surface area contributed by atoms with Crippen molar-refractivity contribution in [3.8, 4) is 0 Å². The minimum absolute atomic E-state index is 0.212. The van der Waals surface area contributed by atoms with E-state index in [9.17, 15) is 18.0 Å². The van der Waals surface area contributed by atoms with E-state index >= 15 is 0 Å². The molecule has 0 saturated carbocycles. The Hall–Kier alpha value is -1.54. The van der Waals surface area contributed by atoms with Gasteiger partial charge >= 0.3 is 6.18 Å². The number of piperazine rings is 1. The maximum atomic E-state index is 12.8. The molecule has 4 nitrogen and oxygen atoms in total. The molecular formula is C16H17BrF3N3O. The number of carbonyl (C=O) groups is 1. The van der Waals surface area contributed by atoms with Crippen LogP contribution in [0.2, 0.25) is 0 Å². The number of carbonyl (C=O) groups excluding carboxylic acids is 1. The lowest BCUT2D eigenvalue weighted by molar-refractivity contribution is -0.139. The third-order valence-corrected chi connectivity index (χ3v) is 4.71. The second-order valence-electron chi connectivity index (χ2n) is 6.04. The van der Waals surface area contributed by atoms with Gasteiger partial charge in [0.15, 0.2) is 0 Å². The van der Waals surface area contributed by atoms with Gasteiger partial charge in [0.25, 0.3) is 5.91 Å². The summed E-state index contributed by atoms with van der Waals surface area (Å²) in [4.78, 5) is 16.6. The molecule has 2 heterocycles. The monoisotopic (exact) mass is 403 g/mol. The van der Waals surface area contributed by atoms with Gasteiger partial charge in [-0.25, -0.2) is 0 Å². The van der Waals surface area contributed by atoms with Gasteiger partial charge in [-0.15, -0.1) is 0 Å². The molecule has 0 atom stereocenters. The van der Waals surface area contributed by atoms with Crippen LogP contribution < -0.4 is 0 Å². The van der Waals surface area contributed by atoms with Gasteiger partial charge in [0, 0.05) is 42.2 Å². The lowest BCUT2D eigenvalue weighted by atomic mass is 10.1. The molecule has 0 aliphatic carbocycles. The van der Waals surface area contributed by atoms with E-state index in [1.807, 2.05) is 7.05 Å². The quantitative estimate of drug-likeness (QED) is 0.768. The van der Waals surface area contributed by atoms with Crippen LogP contribution in [0.25, 0.3) is 10.9 Å². The highest BCUT2D eigenvalue weighted by atomic mass is 79.9. The SMILES string of the molecule is CN1CCN(C(=O)c2cn(CC(F)(F)F)c3cc(Br)ccc23)CC1. The van der Waals surface area contributed by atoms with Crippen LogP contribution in [0.4, 0.5) is 13.2 Å². The van der Waals surface area contributed by atoms with Crippen molar-refractivity contribution in [2.45, 2.75) is 12.7 Å². The van der Waals surface area contributed by atoms with Crippen LogP contribution in [0.3, 0.4) is 0 Å². The fourth-order valence-electron chi connectivity index (χ4n) is 2.94. The number of likely N-dealkylation sites (N-methyl/N-ethyl adjacent to an activating group) is 1. The van der Waals surface area contributed by atoms with Crippen LogP contribution in [0.1, 0.15) is 10.4 Å². The zero-order chi connectivity index (χ0) is 17.5. The summed E-state index contributed by atoms with van der Waals surface area (Å²) in [6.45, 7) is 1.57. The molecule has 1 aliphatic rings. The molecule has 3 rings (SSSR count). The summed E-state index contributed by atoms with van der Waals surface area (Å²) < 4.78 is 40.3. The Morgan fingerprint density at radius 1 is 1.21 bits per heavy atom. The molecule has 130 valence electrons. The zero-order valence-corrected chi connectivity index (χ0v) is 14.7. The predicted octanol–water partition coefficient (Wildman–Crippen LogP) is 3.35. The van der Waals surface area contributed by atoms with E-state index in [1.165, 1.54) is 6.20 Å². The van der Waals surface area contributed by atoms with Crippen molar-refractivity contribution in [1.82, 2.24) is 14.4 Å². The number of rotatable bonds is 2. The van der Waals surface area contributed by atoms with Crippen molar-refractivity contribution in [1.29, 1.82) is 0 Å². The average Bonchev–Trinajstić information content (AvgIpc) is 2.83. The number of alkyl halides is 3. The van der Waals surface area contributed by atoms with Gasteiger partial charge in [-0.2, -0.15) is 13.2 Å². The fraction of sp³-hybridized carbons (Fsp3) is 0.438. The summed E-state index contributed by atoms with van der Waals surface area (Å²) in [6, 6.07) is 5.04. The molecule has 8 heteroatoms. The van der Waals surface area contributed by atoms with Crippen molar-refractivity contribution in [2.75, 3.05) is 33.2 Å². The molecule has 0 spiro atoms. The van der Waals surface area contributed by atoms with E-state index in [0.29, 0.717) is 34.0 Å².